The number of fused-ring (bicyclic) bond motifs is 1. The van der Waals surface area contributed by atoms with Gasteiger partial charge in [0.05, 0.1) is 18.6 Å². The molecule has 0 saturated carbocycles. The quantitative estimate of drug-likeness (QED) is 0.739. The van der Waals surface area contributed by atoms with E-state index in [0.29, 0.717) is 0 Å². The number of hydrogen-bond donors (Lipinski definition) is 0. The third kappa shape index (κ3) is 2.22. The van der Waals surface area contributed by atoms with Gasteiger partial charge in [0.25, 0.3) is 0 Å². The Hall–Kier alpha value is -1.51. The number of aliphatic imine (C=N–C) groups is 1. The minimum atomic E-state index is 0.733. The summed E-state index contributed by atoms with van der Waals surface area (Å²) < 4.78 is 0. The van der Waals surface area contributed by atoms with Gasteiger partial charge >= 0.3 is 0 Å². The number of rotatable bonds is 1. The zero-order valence-corrected chi connectivity index (χ0v) is 11.0. The summed E-state index contributed by atoms with van der Waals surface area (Å²) in [7, 11) is 0. The SMILES string of the molecule is Clc1ccc(N2C=Nc3ccc(Cl)cc3C2)cc1. The molecular weight excluding hydrogens is 267 g/mol. The van der Waals surface area contributed by atoms with E-state index in [1.54, 1.807) is 0 Å². The highest BCUT2D eigenvalue weighted by Gasteiger charge is 2.13. The first-order chi connectivity index (χ1) is 8.72. The summed E-state index contributed by atoms with van der Waals surface area (Å²) in [5, 5.41) is 1.47. The summed E-state index contributed by atoms with van der Waals surface area (Å²) in [5.74, 6) is 0. The van der Waals surface area contributed by atoms with Crippen molar-refractivity contribution in [2.45, 2.75) is 6.54 Å². The predicted molar refractivity (Wildman–Crippen MR) is 77.2 cm³/mol. The Balaban J connectivity index is 1.93. The molecule has 1 aliphatic heterocycles. The van der Waals surface area contributed by atoms with E-state index in [1.807, 2.05) is 48.8 Å². The van der Waals surface area contributed by atoms with Crippen LogP contribution in [0, 0.1) is 0 Å². The maximum Gasteiger partial charge on any atom is 0.0960 e. The van der Waals surface area contributed by atoms with Crippen LogP contribution in [0.5, 0.6) is 0 Å². The number of anilines is 1. The standard InChI is InChI=1S/C14H10Cl2N2/c15-11-1-4-13(5-2-11)18-8-10-7-12(16)3-6-14(10)17-9-18/h1-7,9H,8H2. The summed E-state index contributed by atoms with van der Waals surface area (Å²) >= 11 is 11.9. The van der Waals surface area contributed by atoms with E-state index in [1.165, 1.54) is 0 Å². The van der Waals surface area contributed by atoms with Gasteiger partial charge in [-0.3, -0.25) is 0 Å². The van der Waals surface area contributed by atoms with Crippen LogP contribution in [0.3, 0.4) is 0 Å². The van der Waals surface area contributed by atoms with Crippen LogP contribution in [0.2, 0.25) is 10.0 Å². The zero-order chi connectivity index (χ0) is 12.5. The van der Waals surface area contributed by atoms with Gasteiger partial charge in [-0.05, 0) is 48.0 Å². The molecule has 4 heteroatoms. The molecule has 0 spiro atoms. The van der Waals surface area contributed by atoms with Crippen LogP contribution < -0.4 is 4.90 Å². The third-order valence-corrected chi connectivity index (χ3v) is 3.36. The highest BCUT2D eigenvalue weighted by atomic mass is 35.5. The van der Waals surface area contributed by atoms with Gasteiger partial charge in [-0.1, -0.05) is 23.2 Å². The van der Waals surface area contributed by atoms with Gasteiger partial charge < -0.3 is 4.90 Å². The predicted octanol–water partition coefficient (Wildman–Crippen LogP) is 4.67. The van der Waals surface area contributed by atoms with Crippen molar-refractivity contribution in [1.29, 1.82) is 0 Å². The van der Waals surface area contributed by atoms with Crippen LogP contribution in [-0.2, 0) is 6.54 Å². The fraction of sp³-hybridized carbons (Fsp3) is 0.0714. The number of benzene rings is 2. The van der Waals surface area contributed by atoms with Gasteiger partial charge in [-0.2, -0.15) is 0 Å². The highest BCUT2D eigenvalue weighted by Crippen LogP contribution is 2.29. The summed E-state index contributed by atoms with van der Waals surface area (Å²) in [4.78, 5) is 6.49. The molecule has 0 N–H and O–H groups in total. The molecule has 1 heterocycles. The molecule has 0 bridgehead atoms. The Bertz CT molecular complexity index is 606. The lowest BCUT2D eigenvalue weighted by atomic mass is 10.1. The van der Waals surface area contributed by atoms with Crippen LogP contribution in [0.25, 0.3) is 0 Å². The van der Waals surface area contributed by atoms with Crippen LogP contribution in [0.4, 0.5) is 11.4 Å². The summed E-state index contributed by atoms with van der Waals surface area (Å²) in [5.41, 5.74) is 3.17. The molecule has 18 heavy (non-hydrogen) atoms. The van der Waals surface area contributed by atoms with E-state index in [4.69, 9.17) is 23.2 Å². The molecule has 0 saturated heterocycles. The van der Waals surface area contributed by atoms with Gasteiger partial charge in [-0.15, -0.1) is 0 Å². The molecule has 90 valence electrons. The smallest absolute Gasteiger partial charge is 0.0960 e. The topological polar surface area (TPSA) is 15.6 Å². The Labute approximate surface area is 115 Å². The van der Waals surface area contributed by atoms with Crippen molar-refractivity contribution in [2.75, 3.05) is 4.90 Å². The number of hydrogen-bond acceptors (Lipinski definition) is 2. The normalized spacial score (nSPS) is 13.6. The molecule has 0 fully saturated rings. The first-order valence-electron chi connectivity index (χ1n) is 5.57. The minimum absolute atomic E-state index is 0.733. The lowest BCUT2D eigenvalue weighted by molar-refractivity contribution is 0.997. The van der Waals surface area contributed by atoms with Crippen molar-refractivity contribution in [3.05, 3.63) is 58.1 Å². The average Bonchev–Trinajstić information content (AvgIpc) is 2.38. The molecular formula is C14H10Cl2N2. The van der Waals surface area contributed by atoms with E-state index in [9.17, 15) is 0 Å². The number of nitrogens with zero attached hydrogens (tertiary/aromatic N) is 2. The largest absolute Gasteiger partial charge is 0.328 e. The molecule has 0 atom stereocenters. The van der Waals surface area contributed by atoms with Crippen molar-refractivity contribution >= 4 is 40.9 Å². The molecule has 0 aromatic heterocycles. The van der Waals surface area contributed by atoms with Crippen LogP contribution in [0.1, 0.15) is 5.56 Å². The van der Waals surface area contributed by atoms with Gasteiger partial charge in [0, 0.05) is 15.7 Å². The first kappa shape index (κ1) is 11.6. The van der Waals surface area contributed by atoms with Crippen LogP contribution >= 0.6 is 23.2 Å². The van der Waals surface area contributed by atoms with E-state index in [2.05, 4.69) is 9.89 Å². The third-order valence-electron chi connectivity index (χ3n) is 2.88. The van der Waals surface area contributed by atoms with Crippen molar-refractivity contribution in [2.24, 2.45) is 4.99 Å². The lowest BCUT2D eigenvalue weighted by Gasteiger charge is -2.24. The fourth-order valence-corrected chi connectivity index (χ4v) is 2.27. The summed E-state index contributed by atoms with van der Waals surface area (Å²) in [6.45, 7) is 0.765. The Kier molecular flexibility index (Phi) is 2.98. The molecule has 2 nitrogen and oxygen atoms in total. The Morgan fingerprint density at radius 3 is 2.44 bits per heavy atom. The molecule has 0 amide bonds. The van der Waals surface area contributed by atoms with Crippen LogP contribution in [0.15, 0.2) is 47.5 Å². The maximum atomic E-state index is 6.00. The first-order valence-corrected chi connectivity index (χ1v) is 6.33. The summed E-state index contributed by atoms with van der Waals surface area (Å²) in [6, 6.07) is 13.4. The monoisotopic (exact) mass is 276 g/mol. The van der Waals surface area contributed by atoms with Gasteiger partial charge in [0.2, 0.25) is 0 Å². The molecule has 0 aliphatic carbocycles. The van der Waals surface area contributed by atoms with E-state index < -0.39 is 0 Å². The maximum absolute atomic E-state index is 6.00. The van der Waals surface area contributed by atoms with Crippen LogP contribution in [-0.4, -0.2) is 6.34 Å². The van der Waals surface area contributed by atoms with E-state index >= 15 is 0 Å². The van der Waals surface area contributed by atoms with Crippen molar-refractivity contribution in [3.8, 4) is 0 Å². The molecule has 2 aromatic rings. The molecule has 3 rings (SSSR count). The van der Waals surface area contributed by atoms with Crippen molar-refractivity contribution in [1.82, 2.24) is 0 Å². The molecule has 2 aromatic carbocycles. The fourth-order valence-electron chi connectivity index (χ4n) is 1.95. The lowest BCUT2D eigenvalue weighted by Crippen LogP contribution is -2.23. The van der Waals surface area contributed by atoms with Gasteiger partial charge in [-0.25, -0.2) is 4.99 Å². The number of halogens is 2. The van der Waals surface area contributed by atoms with E-state index in [-0.39, 0.29) is 0 Å². The zero-order valence-electron chi connectivity index (χ0n) is 9.48. The highest BCUT2D eigenvalue weighted by molar-refractivity contribution is 6.31. The van der Waals surface area contributed by atoms with Crippen molar-refractivity contribution < 1.29 is 0 Å². The molecule has 0 unspecified atom stereocenters. The van der Waals surface area contributed by atoms with Gasteiger partial charge in [0.15, 0.2) is 0 Å². The average molecular weight is 277 g/mol. The van der Waals surface area contributed by atoms with E-state index in [0.717, 1.165) is 33.5 Å². The minimum Gasteiger partial charge on any atom is -0.328 e. The molecule has 0 radical (unpaired) electrons. The second-order valence-corrected chi connectivity index (χ2v) is 4.99. The summed E-state index contributed by atoms with van der Waals surface area (Å²) in [6.07, 6.45) is 1.83. The van der Waals surface area contributed by atoms with Crippen molar-refractivity contribution in [3.63, 3.8) is 0 Å². The Morgan fingerprint density at radius 1 is 0.944 bits per heavy atom. The Morgan fingerprint density at radius 2 is 1.67 bits per heavy atom. The second-order valence-electron chi connectivity index (χ2n) is 4.12. The molecule has 1 aliphatic rings. The second kappa shape index (κ2) is 4.63. The van der Waals surface area contributed by atoms with Gasteiger partial charge in [0.1, 0.15) is 0 Å².